The van der Waals surface area contributed by atoms with Crippen molar-refractivity contribution >= 4 is 11.7 Å². The maximum Gasteiger partial charge on any atom is 0.311 e. The molecule has 0 saturated carbocycles. The van der Waals surface area contributed by atoms with Crippen LogP contribution in [0.15, 0.2) is 48.5 Å². The predicted octanol–water partition coefficient (Wildman–Crippen LogP) is 3.95. The van der Waals surface area contributed by atoms with Crippen molar-refractivity contribution in [2.75, 3.05) is 25.1 Å². The quantitative estimate of drug-likeness (QED) is 0.797. The number of carboxylic acid groups (broad SMARTS) is 1. The molecule has 0 saturated heterocycles. The zero-order chi connectivity index (χ0) is 17.5. The third kappa shape index (κ3) is 4.07. The average molecular weight is 327 g/mol. The number of rotatable bonds is 8. The summed E-state index contributed by atoms with van der Waals surface area (Å²) in [5.41, 5.74) is 2.87. The van der Waals surface area contributed by atoms with Gasteiger partial charge < -0.3 is 14.7 Å². The lowest BCUT2D eigenvalue weighted by Gasteiger charge is -2.21. The van der Waals surface area contributed by atoms with Crippen molar-refractivity contribution < 1.29 is 14.6 Å². The zero-order valence-electron chi connectivity index (χ0n) is 14.5. The van der Waals surface area contributed by atoms with Crippen LogP contribution >= 0.6 is 0 Å². The normalized spacial score (nSPS) is 11.8. The highest BCUT2D eigenvalue weighted by Crippen LogP contribution is 2.30. The fourth-order valence-corrected chi connectivity index (χ4v) is 2.95. The summed E-state index contributed by atoms with van der Waals surface area (Å²) in [6, 6.07) is 15.5. The van der Waals surface area contributed by atoms with Crippen LogP contribution in [0.4, 0.5) is 5.69 Å². The number of hydrogen-bond donors (Lipinski definition) is 1. The molecule has 0 fully saturated rings. The van der Waals surface area contributed by atoms with E-state index >= 15 is 0 Å². The van der Waals surface area contributed by atoms with E-state index in [-0.39, 0.29) is 0 Å². The second-order valence-electron chi connectivity index (χ2n) is 5.68. The smallest absolute Gasteiger partial charge is 0.311 e. The van der Waals surface area contributed by atoms with Gasteiger partial charge in [0.1, 0.15) is 5.75 Å². The molecule has 1 unspecified atom stereocenters. The van der Waals surface area contributed by atoms with Gasteiger partial charge in [0.2, 0.25) is 0 Å². The Balaban J connectivity index is 2.24. The number of benzene rings is 2. The number of hydrogen-bond acceptors (Lipinski definition) is 3. The third-order valence-corrected chi connectivity index (χ3v) is 4.32. The number of carboxylic acids is 1. The number of ether oxygens (including phenoxy) is 1. The lowest BCUT2D eigenvalue weighted by atomic mass is 9.91. The highest BCUT2D eigenvalue weighted by molar-refractivity contribution is 5.77. The predicted molar refractivity (Wildman–Crippen MR) is 97.1 cm³/mol. The number of aliphatic carboxylic acids is 1. The summed E-state index contributed by atoms with van der Waals surface area (Å²) in [4.78, 5) is 14.0. The number of nitrogens with zero attached hydrogens (tertiary/aromatic N) is 1. The molecule has 24 heavy (non-hydrogen) atoms. The lowest BCUT2D eigenvalue weighted by Crippen LogP contribution is -2.21. The van der Waals surface area contributed by atoms with Crippen molar-refractivity contribution in [3.05, 3.63) is 59.7 Å². The molecule has 4 nitrogen and oxygen atoms in total. The van der Waals surface area contributed by atoms with Gasteiger partial charge in [0.25, 0.3) is 0 Å². The molecule has 0 spiro atoms. The molecule has 0 aliphatic heterocycles. The van der Waals surface area contributed by atoms with Crippen LogP contribution < -0.4 is 9.64 Å². The summed E-state index contributed by atoms with van der Waals surface area (Å²) in [5.74, 6) is -0.850. The third-order valence-electron chi connectivity index (χ3n) is 4.32. The molecule has 0 aliphatic rings. The molecule has 2 rings (SSSR count). The van der Waals surface area contributed by atoms with Crippen LogP contribution in [-0.2, 0) is 11.2 Å². The molecule has 1 atom stereocenters. The number of methoxy groups -OCH3 is 1. The van der Waals surface area contributed by atoms with Gasteiger partial charge in [-0.15, -0.1) is 0 Å². The SMILES string of the molecule is CCN(CC)c1ccc(CC(C(=O)O)c2ccccc2OC)cc1. The molecular formula is C20H25NO3. The number of anilines is 1. The van der Waals surface area contributed by atoms with Gasteiger partial charge in [-0.2, -0.15) is 0 Å². The summed E-state index contributed by atoms with van der Waals surface area (Å²) < 4.78 is 5.32. The highest BCUT2D eigenvalue weighted by atomic mass is 16.5. The minimum absolute atomic E-state index is 0.439. The van der Waals surface area contributed by atoms with E-state index in [4.69, 9.17) is 4.74 Å². The van der Waals surface area contributed by atoms with E-state index in [0.29, 0.717) is 17.7 Å². The van der Waals surface area contributed by atoms with E-state index in [1.54, 1.807) is 13.2 Å². The molecular weight excluding hydrogens is 302 g/mol. The molecule has 4 heteroatoms. The van der Waals surface area contributed by atoms with Gasteiger partial charge in [0, 0.05) is 24.3 Å². The molecule has 0 bridgehead atoms. The molecule has 0 amide bonds. The summed E-state index contributed by atoms with van der Waals surface area (Å²) in [6.07, 6.45) is 0.439. The van der Waals surface area contributed by atoms with Gasteiger partial charge in [0.15, 0.2) is 0 Å². The van der Waals surface area contributed by atoms with Crippen molar-refractivity contribution in [1.29, 1.82) is 0 Å². The first-order valence-corrected chi connectivity index (χ1v) is 8.30. The van der Waals surface area contributed by atoms with E-state index in [2.05, 4.69) is 30.9 Å². The highest BCUT2D eigenvalue weighted by Gasteiger charge is 2.23. The zero-order valence-corrected chi connectivity index (χ0v) is 14.5. The standard InChI is InChI=1S/C20H25NO3/c1-4-21(5-2)16-12-10-15(11-13-16)14-18(20(22)23)17-8-6-7-9-19(17)24-3/h6-13,18H,4-5,14H2,1-3H3,(H,22,23). The second kappa shape index (κ2) is 8.39. The monoisotopic (exact) mass is 327 g/mol. The van der Waals surface area contributed by atoms with E-state index < -0.39 is 11.9 Å². The van der Waals surface area contributed by atoms with E-state index in [1.807, 2.05) is 30.3 Å². The fraction of sp³-hybridized carbons (Fsp3) is 0.350. The second-order valence-corrected chi connectivity index (χ2v) is 5.68. The van der Waals surface area contributed by atoms with Crippen molar-refractivity contribution in [1.82, 2.24) is 0 Å². The molecule has 2 aromatic rings. The van der Waals surface area contributed by atoms with Gasteiger partial charge in [-0.25, -0.2) is 0 Å². The van der Waals surface area contributed by atoms with Gasteiger partial charge >= 0.3 is 5.97 Å². The Morgan fingerprint density at radius 2 is 1.71 bits per heavy atom. The summed E-state index contributed by atoms with van der Waals surface area (Å²) in [5, 5.41) is 9.66. The van der Waals surface area contributed by atoms with Crippen LogP contribution in [0.1, 0.15) is 30.9 Å². The van der Waals surface area contributed by atoms with Gasteiger partial charge in [0.05, 0.1) is 13.0 Å². The van der Waals surface area contributed by atoms with Crippen LogP contribution in [0.5, 0.6) is 5.75 Å². The molecule has 0 radical (unpaired) electrons. The first-order valence-electron chi connectivity index (χ1n) is 8.30. The first-order chi connectivity index (χ1) is 11.6. The van der Waals surface area contributed by atoms with Crippen molar-refractivity contribution in [2.45, 2.75) is 26.2 Å². The summed E-state index contributed by atoms with van der Waals surface area (Å²) in [7, 11) is 1.57. The van der Waals surface area contributed by atoms with E-state index in [1.165, 1.54) is 0 Å². The molecule has 0 aliphatic carbocycles. The maximum absolute atomic E-state index is 11.8. The van der Waals surface area contributed by atoms with Crippen LogP contribution in [0, 0.1) is 0 Å². The number of carbonyl (C=O) groups is 1. The molecule has 0 aromatic heterocycles. The van der Waals surface area contributed by atoms with Crippen LogP contribution in [0.3, 0.4) is 0 Å². The Morgan fingerprint density at radius 1 is 1.08 bits per heavy atom. The Kier molecular flexibility index (Phi) is 6.24. The lowest BCUT2D eigenvalue weighted by molar-refractivity contribution is -0.138. The minimum atomic E-state index is -0.840. The van der Waals surface area contributed by atoms with Crippen molar-refractivity contribution in [3.63, 3.8) is 0 Å². The molecule has 0 heterocycles. The maximum atomic E-state index is 11.8. The average Bonchev–Trinajstić information content (AvgIpc) is 2.61. The minimum Gasteiger partial charge on any atom is -0.496 e. The van der Waals surface area contributed by atoms with Crippen LogP contribution in [-0.4, -0.2) is 31.3 Å². The van der Waals surface area contributed by atoms with Crippen molar-refractivity contribution in [2.24, 2.45) is 0 Å². The van der Waals surface area contributed by atoms with E-state index in [9.17, 15) is 9.90 Å². The largest absolute Gasteiger partial charge is 0.496 e. The first kappa shape index (κ1) is 17.9. The van der Waals surface area contributed by atoms with Gasteiger partial charge in [-0.1, -0.05) is 30.3 Å². The number of para-hydroxylation sites is 1. The Bertz CT molecular complexity index is 663. The topological polar surface area (TPSA) is 49.8 Å². The fourth-order valence-electron chi connectivity index (χ4n) is 2.95. The van der Waals surface area contributed by atoms with E-state index in [0.717, 1.165) is 24.3 Å². The van der Waals surface area contributed by atoms with Gasteiger partial charge in [-0.05, 0) is 44.0 Å². The molecule has 1 N–H and O–H groups in total. The summed E-state index contributed by atoms with van der Waals surface area (Å²) in [6.45, 7) is 6.16. The van der Waals surface area contributed by atoms with Crippen molar-refractivity contribution in [3.8, 4) is 5.75 Å². The summed E-state index contributed by atoms with van der Waals surface area (Å²) >= 11 is 0. The van der Waals surface area contributed by atoms with Gasteiger partial charge in [-0.3, -0.25) is 4.79 Å². The van der Waals surface area contributed by atoms with Crippen LogP contribution in [0.25, 0.3) is 0 Å². The molecule has 128 valence electrons. The Labute approximate surface area is 143 Å². The molecule has 2 aromatic carbocycles. The van der Waals surface area contributed by atoms with Crippen LogP contribution in [0.2, 0.25) is 0 Å². The Morgan fingerprint density at radius 3 is 2.25 bits per heavy atom. The Hall–Kier alpha value is -2.49.